The zero-order valence-electron chi connectivity index (χ0n) is 17.0. The van der Waals surface area contributed by atoms with Gasteiger partial charge in [-0.15, -0.1) is 0 Å². The van der Waals surface area contributed by atoms with Crippen molar-refractivity contribution < 1.29 is 14.7 Å². The highest BCUT2D eigenvalue weighted by Gasteiger charge is 2.22. The van der Waals surface area contributed by atoms with Gasteiger partial charge in [-0.3, -0.25) is 9.59 Å². The largest absolute Gasteiger partial charge is 0.380 e. The number of rotatable bonds is 6. The number of anilines is 1. The summed E-state index contributed by atoms with van der Waals surface area (Å²) in [6.45, 7) is 0. The topological polar surface area (TPSA) is 66.4 Å². The van der Waals surface area contributed by atoms with Crippen LogP contribution in [0.3, 0.4) is 0 Å². The molecule has 1 amide bonds. The lowest BCUT2D eigenvalue weighted by atomic mass is 9.98. The van der Waals surface area contributed by atoms with Gasteiger partial charge in [-0.2, -0.15) is 0 Å². The molecule has 0 radical (unpaired) electrons. The molecule has 2 N–H and O–H groups in total. The smallest absolute Gasteiger partial charge is 0.256 e. The first-order valence-electron chi connectivity index (χ1n) is 10.1. The van der Waals surface area contributed by atoms with Crippen molar-refractivity contribution in [2.45, 2.75) is 6.10 Å². The van der Waals surface area contributed by atoms with Crippen molar-refractivity contribution in [2.75, 3.05) is 5.32 Å². The SMILES string of the molecule is O=C(Nc1ccc(C(O)C(=O)c2ccccc2)c(Cl)c1)c1ccccc1-c1ccccc1. The van der Waals surface area contributed by atoms with Gasteiger partial charge in [0.2, 0.25) is 0 Å². The van der Waals surface area contributed by atoms with E-state index in [-0.39, 0.29) is 16.5 Å². The van der Waals surface area contributed by atoms with E-state index in [2.05, 4.69) is 5.32 Å². The Morgan fingerprint density at radius 3 is 2.09 bits per heavy atom. The summed E-state index contributed by atoms with van der Waals surface area (Å²) in [7, 11) is 0. The van der Waals surface area contributed by atoms with Crippen molar-refractivity contribution in [3.05, 3.63) is 125 Å². The average molecular weight is 442 g/mol. The fourth-order valence-electron chi connectivity index (χ4n) is 3.48. The van der Waals surface area contributed by atoms with Crippen LogP contribution in [0.5, 0.6) is 0 Å². The van der Waals surface area contributed by atoms with Gasteiger partial charge in [-0.1, -0.05) is 96.5 Å². The molecule has 0 heterocycles. The van der Waals surface area contributed by atoms with E-state index in [9.17, 15) is 14.7 Å². The molecule has 4 aromatic rings. The predicted molar refractivity (Wildman–Crippen MR) is 127 cm³/mol. The third-order valence-electron chi connectivity index (χ3n) is 5.12. The van der Waals surface area contributed by atoms with E-state index in [1.165, 1.54) is 6.07 Å². The first-order chi connectivity index (χ1) is 15.5. The summed E-state index contributed by atoms with van der Waals surface area (Å²) < 4.78 is 0. The van der Waals surface area contributed by atoms with Gasteiger partial charge in [-0.05, 0) is 29.3 Å². The Labute approximate surface area is 191 Å². The Morgan fingerprint density at radius 2 is 1.41 bits per heavy atom. The van der Waals surface area contributed by atoms with E-state index in [1.54, 1.807) is 48.5 Å². The van der Waals surface area contributed by atoms with Gasteiger partial charge in [0.15, 0.2) is 5.78 Å². The van der Waals surface area contributed by atoms with Gasteiger partial charge in [-0.25, -0.2) is 0 Å². The summed E-state index contributed by atoms with van der Waals surface area (Å²) in [5, 5.41) is 13.6. The molecule has 1 atom stereocenters. The van der Waals surface area contributed by atoms with Crippen LogP contribution in [0.15, 0.2) is 103 Å². The summed E-state index contributed by atoms with van der Waals surface area (Å²) in [6.07, 6.45) is -1.39. The third-order valence-corrected chi connectivity index (χ3v) is 5.44. The number of benzene rings is 4. The van der Waals surface area contributed by atoms with Gasteiger partial charge in [0.25, 0.3) is 5.91 Å². The maximum atomic E-state index is 13.0. The van der Waals surface area contributed by atoms with Crippen molar-refractivity contribution >= 4 is 29.0 Å². The number of carbonyl (C=O) groups excluding carboxylic acids is 2. The molecule has 0 aliphatic heterocycles. The van der Waals surface area contributed by atoms with Crippen LogP contribution >= 0.6 is 11.6 Å². The van der Waals surface area contributed by atoms with Gasteiger partial charge in [0, 0.05) is 27.4 Å². The van der Waals surface area contributed by atoms with Gasteiger partial charge < -0.3 is 10.4 Å². The minimum Gasteiger partial charge on any atom is -0.380 e. The highest BCUT2D eigenvalue weighted by atomic mass is 35.5. The molecule has 0 fully saturated rings. The monoisotopic (exact) mass is 441 g/mol. The summed E-state index contributed by atoms with van der Waals surface area (Å²) in [6, 6.07) is 30.2. The van der Waals surface area contributed by atoms with E-state index in [0.717, 1.165) is 11.1 Å². The Morgan fingerprint density at radius 1 is 0.781 bits per heavy atom. The van der Waals surface area contributed by atoms with E-state index in [4.69, 9.17) is 11.6 Å². The number of hydrogen-bond acceptors (Lipinski definition) is 3. The number of aliphatic hydroxyl groups excluding tert-OH is 1. The van der Waals surface area contributed by atoms with E-state index < -0.39 is 11.9 Å². The predicted octanol–water partition coefficient (Wildman–Crippen LogP) is 6.18. The minimum atomic E-state index is -1.39. The second kappa shape index (κ2) is 9.60. The first kappa shape index (κ1) is 21.5. The molecule has 0 aromatic heterocycles. The molecule has 4 rings (SSSR count). The van der Waals surface area contributed by atoms with Crippen LogP contribution in [-0.4, -0.2) is 16.8 Å². The van der Waals surface area contributed by atoms with Crippen molar-refractivity contribution in [3.63, 3.8) is 0 Å². The first-order valence-corrected chi connectivity index (χ1v) is 10.4. The quantitative estimate of drug-likeness (QED) is 0.351. The van der Waals surface area contributed by atoms with E-state index in [1.807, 2.05) is 48.5 Å². The average Bonchev–Trinajstić information content (AvgIpc) is 2.84. The number of halogens is 1. The lowest BCUT2D eigenvalue weighted by Gasteiger charge is -2.14. The fourth-order valence-corrected chi connectivity index (χ4v) is 3.76. The van der Waals surface area contributed by atoms with Crippen LogP contribution in [0, 0.1) is 0 Å². The van der Waals surface area contributed by atoms with Crippen molar-refractivity contribution in [2.24, 2.45) is 0 Å². The highest BCUT2D eigenvalue weighted by molar-refractivity contribution is 6.32. The number of aliphatic hydroxyl groups is 1. The molecule has 0 aliphatic rings. The summed E-state index contributed by atoms with van der Waals surface area (Å²) in [5.74, 6) is -0.727. The Bertz CT molecular complexity index is 1260. The Kier molecular flexibility index (Phi) is 6.45. The fraction of sp³-hybridized carbons (Fsp3) is 0.0370. The molecule has 158 valence electrons. The molecule has 0 saturated carbocycles. The van der Waals surface area contributed by atoms with Crippen molar-refractivity contribution in [1.82, 2.24) is 0 Å². The second-order valence-electron chi connectivity index (χ2n) is 7.23. The van der Waals surface area contributed by atoms with Gasteiger partial charge in [0.1, 0.15) is 6.10 Å². The van der Waals surface area contributed by atoms with Crippen LogP contribution in [0.25, 0.3) is 11.1 Å². The number of hydrogen-bond donors (Lipinski definition) is 2. The molecular weight excluding hydrogens is 422 g/mol. The molecule has 0 saturated heterocycles. The maximum absolute atomic E-state index is 13.0. The van der Waals surface area contributed by atoms with Crippen LogP contribution < -0.4 is 5.32 Å². The van der Waals surface area contributed by atoms with Crippen molar-refractivity contribution in [1.29, 1.82) is 0 Å². The molecule has 0 aliphatic carbocycles. The van der Waals surface area contributed by atoms with Crippen LogP contribution in [0.2, 0.25) is 5.02 Å². The highest BCUT2D eigenvalue weighted by Crippen LogP contribution is 2.29. The normalized spacial score (nSPS) is 11.6. The van der Waals surface area contributed by atoms with E-state index >= 15 is 0 Å². The molecule has 0 spiro atoms. The number of Topliss-reactive ketones (excluding diaryl/α,β-unsaturated/α-hetero) is 1. The second-order valence-corrected chi connectivity index (χ2v) is 7.64. The third kappa shape index (κ3) is 4.62. The molecule has 4 nitrogen and oxygen atoms in total. The van der Waals surface area contributed by atoms with Crippen LogP contribution in [0.4, 0.5) is 5.69 Å². The zero-order valence-corrected chi connectivity index (χ0v) is 17.8. The molecule has 1 unspecified atom stereocenters. The van der Waals surface area contributed by atoms with Crippen LogP contribution in [0.1, 0.15) is 32.4 Å². The van der Waals surface area contributed by atoms with Crippen molar-refractivity contribution in [3.8, 4) is 11.1 Å². The standard InChI is InChI=1S/C27H20ClNO3/c28-24-17-20(15-16-23(24)26(31)25(30)19-11-5-2-6-12-19)29-27(32)22-14-8-7-13-21(22)18-9-3-1-4-10-18/h1-17,26,31H,(H,29,32). The Balaban J connectivity index is 1.55. The lowest BCUT2D eigenvalue weighted by Crippen LogP contribution is -2.15. The molecular formula is C27H20ClNO3. The number of carbonyl (C=O) groups is 2. The van der Waals surface area contributed by atoms with E-state index in [0.29, 0.717) is 16.8 Å². The zero-order chi connectivity index (χ0) is 22.5. The molecule has 5 heteroatoms. The molecule has 0 bridgehead atoms. The maximum Gasteiger partial charge on any atom is 0.256 e. The van der Waals surface area contributed by atoms with Gasteiger partial charge >= 0.3 is 0 Å². The minimum absolute atomic E-state index is 0.191. The molecule has 4 aromatic carbocycles. The van der Waals surface area contributed by atoms with Crippen LogP contribution in [-0.2, 0) is 0 Å². The number of nitrogens with one attached hydrogen (secondary N) is 1. The lowest BCUT2D eigenvalue weighted by molar-refractivity contribution is 0.0747. The number of amides is 1. The summed E-state index contributed by atoms with van der Waals surface area (Å²) in [4.78, 5) is 25.5. The number of ketones is 1. The summed E-state index contributed by atoms with van der Waals surface area (Å²) in [5.41, 5.74) is 3.42. The molecule has 32 heavy (non-hydrogen) atoms. The van der Waals surface area contributed by atoms with Gasteiger partial charge in [0.05, 0.1) is 0 Å². The Hall–Kier alpha value is -3.73. The summed E-state index contributed by atoms with van der Waals surface area (Å²) >= 11 is 6.35.